The smallest absolute Gasteiger partial charge is 0.177 e. The zero-order valence-electron chi connectivity index (χ0n) is 11.4. The molecule has 0 aromatic heterocycles. The second kappa shape index (κ2) is 5.63. The number of sulfone groups is 1. The van der Waals surface area contributed by atoms with E-state index in [0.717, 1.165) is 11.1 Å². The SMILES string of the molecule is Cc1cc(F)ccc1CNc1ccccc1S(C)(=O)=O. The molecule has 0 unspecified atom stereocenters. The van der Waals surface area contributed by atoms with Crippen molar-refractivity contribution in [1.29, 1.82) is 0 Å². The van der Waals surface area contributed by atoms with Gasteiger partial charge in [-0.2, -0.15) is 0 Å². The highest BCUT2D eigenvalue weighted by atomic mass is 32.2. The average Bonchev–Trinajstić information content (AvgIpc) is 2.37. The number of benzene rings is 2. The first kappa shape index (κ1) is 14.5. The molecule has 0 radical (unpaired) electrons. The van der Waals surface area contributed by atoms with E-state index in [0.29, 0.717) is 12.2 Å². The van der Waals surface area contributed by atoms with Gasteiger partial charge in [-0.15, -0.1) is 0 Å². The van der Waals surface area contributed by atoms with E-state index >= 15 is 0 Å². The minimum absolute atomic E-state index is 0.264. The van der Waals surface area contributed by atoms with Crippen molar-refractivity contribution >= 4 is 15.5 Å². The number of nitrogens with one attached hydrogen (secondary N) is 1. The Kier molecular flexibility index (Phi) is 4.09. The molecule has 5 heteroatoms. The first-order valence-corrected chi connectivity index (χ1v) is 8.05. The van der Waals surface area contributed by atoms with E-state index < -0.39 is 9.84 Å². The monoisotopic (exact) mass is 293 g/mol. The van der Waals surface area contributed by atoms with Crippen molar-refractivity contribution in [2.45, 2.75) is 18.4 Å². The van der Waals surface area contributed by atoms with E-state index in [1.807, 2.05) is 6.92 Å². The van der Waals surface area contributed by atoms with Crippen LogP contribution >= 0.6 is 0 Å². The largest absolute Gasteiger partial charge is 0.380 e. The Balaban J connectivity index is 2.24. The van der Waals surface area contributed by atoms with Gasteiger partial charge in [0.15, 0.2) is 9.84 Å². The Morgan fingerprint density at radius 2 is 1.85 bits per heavy atom. The molecule has 0 spiro atoms. The maximum absolute atomic E-state index is 13.0. The molecule has 0 bridgehead atoms. The average molecular weight is 293 g/mol. The summed E-state index contributed by atoms with van der Waals surface area (Å²) in [6.45, 7) is 2.27. The Hall–Kier alpha value is -1.88. The minimum Gasteiger partial charge on any atom is -0.380 e. The fourth-order valence-electron chi connectivity index (χ4n) is 1.98. The molecule has 20 heavy (non-hydrogen) atoms. The zero-order chi connectivity index (χ0) is 14.8. The van der Waals surface area contributed by atoms with Crippen LogP contribution in [-0.4, -0.2) is 14.7 Å². The molecule has 0 atom stereocenters. The highest BCUT2D eigenvalue weighted by molar-refractivity contribution is 7.90. The number of halogens is 1. The van der Waals surface area contributed by atoms with Crippen LogP contribution in [0.4, 0.5) is 10.1 Å². The fourth-order valence-corrected chi connectivity index (χ4v) is 2.85. The molecule has 0 heterocycles. The van der Waals surface area contributed by atoms with E-state index in [-0.39, 0.29) is 10.7 Å². The number of anilines is 1. The van der Waals surface area contributed by atoms with E-state index in [9.17, 15) is 12.8 Å². The molecule has 0 fully saturated rings. The number of para-hydroxylation sites is 1. The molecule has 3 nitrogen and oxygen atoms in total. The molecule has 0 aliphatic carbocycles. The van der Waals surface area contributed by atoms with Crippen LogP contribution in [0.25, 0.3) is 0 Å². The predicted molar refractivity (Wildman–Crippen MR) is 78.0 cm³/mol. The van der Waals surface area contributed by atoms with E-state index in [1.165, 1.54) is 18.4 Å². The van der Waals surface area contributed by atoms with Gasteiger partial charge >= 0.3 is 0 Å². The molecule has 1 N–H and O–H groups in total. The van der Waals surface area contributed by atoms with Crippen molar-refractivity contribution in [3.8, 4) is 0 Å². The van der Waals surface area contributed by atoms with Gasteiger partial charge < -0.3 is 5.32 Å². The first-order chi connectivity index (χ1) is 9.38. The van der Waals surface area contributed by atoms with Gasteiger partial charge in [-0.3, -0.25) is 0 Å². The van der Waals surface area contributed by atoms with Crippen molar-refractivity contribution in [3.63, 3.8) is 0 Å². The maximum atomic E-state index is 13.0. The Morgan fingerprint density at radius 3 is 2.50 bits per heavy atom. The molecular weight excluding hydrogens is 277 g/mol. The standard InChI is InChI=1S/C15H16FNO2S/c1-11-9-13(16)8-7-12(11)10-17-14-5-3-4-6-15(14)20(2,18)19/h3-9,17H,10H2,1-2H3. The number of aryl methyl sites for hydroxylation is 1. The van der Waals surface area contributed by atoms with Crippen LogP contribution in [0.3, 0.4) is 0 Å². The normalized spacial score (nSPS) is 11.3. The molecule has 0 amide bonds. The van der Waals surface area contributed by atoms with Gasteiger partial charge in [0.25, 0.3) is 0 Å². The maximum Gasteiger partial charge on any atom is 0.177 e. The third-order valence-electron chi connectivity index (χ3n) is 3.06. The highest BCUT2D eigenvalue weighted by Gasteiger charge is 2.12. The first-order valence-electron chi connectivity index (χ1n) is 6.16. The van der Waals surface area contributed by atoms with Crippen LogP contribution in [0.2, 0.25) is 0 Å². The fraction of sp³-hybridized carbons (Fsp3) is 0.200. The van der Waals surface area contributed by atoms with Gasteiger partial charge in [0.05, 0.1) is 10.6 Å². The molecular formula is C15H16FNO2S. The molecule has 0 aliphatic rings. The Morgan fingerprint density at radius 1 is 1.15 bits per heavy atom. The highest BCUT2D eigenvalue weighted by Crippen LogP contribution is 2.22. The summed E-state index contributed by atoms with van der Waals surface area (Å²) in [4.78, 5) is 0.264. The lowest BCUT2D eigenvalue weighted by molar-refractivity contribution is 0.602. The van der Waals surface area contributed by atoms with E-state index in [2.05, 4.69) is 5.32 Å². The molecule has 0 aliphatic heterocycles. The summed E-state index contributed by atoms with van der Waals surface area (Å²) in [6.07, 6.45) is 1.18. The number of hydrogen-bond acceptors (Lipinski definition) is 3. The summed E-state index contributed by atoms with van der Waals surface area (Å²) < 4.78 is 36.4. The van der Waals surface area contributed by atoms with Crippen molar-refractivity contribution in [2.24, 2.45) is 0 Å². The zero-order valence-corrected chi connectivity index (χ0v) is 12.2. The van der Waals surface area contributed by atoms with Crippen LogP contribution in [0, 0.1) is 12.7 Å². The number of rotatable bonds is 4. The second-order valence-corrected chi connectivity index (χ2v) is 6.68. The van der Waals surface area contributed by atoms with Crippen LogP contribution in [0.1, 0.15) is 11.1 Å². The van der Waals surface area contributed by atoms with Gasteiger partial charge in [-0.1, -0.05) is 18.2 Å². The second-order valence-electron chi connectivity index (χ2n) is 4.69. The van der Waals surface area contributed by atoms with E-state index in [4.69, 9.17) is 0 Å². The van der Waals surface area contributed by atoms with Crippen LogP contribution < -0.4 is 5.32 Å². The quantitative estimate of drug-likeness (QED) is 0.942. The Labute approximate surface area is 118 Å². The predicted octanol–water partition coefficient (Wildman–Crippen LogP) is 3.15. The molecule has 2 rings (SSSR count). The van der Waals surface area contributed by atoms with Gasteiger partial charge in [-0.25, -0.2) is 12.8 Å². The molecule has 106 valence electrons. The van der Waals surface area contributed by atoms with Crippen molar-refractivity contribution in [2.75, 3.05) is 11.6 Å². The lowest BCUT2D eigenvalue weighted by atomic mass is 10.1. The van der Waals surface area contributed by atoms with Crippen LogP contribution in [-0.2, 0) is 16.4 Å². The molecule has 0 saturated carbocycles. The third kappa shape index (κ3) is 3.36. The number of hydrogen-bond donors (Lipinski definition) is 1. The van der Waals surface area contributed by atoms with Gasteiger partial charge in [0, 0.05) is 12.8 Å². The summed E-state index contributed by atoms with van der Waals surface area (Å²) in [6, 6.07) is 11.3. The van der Waals surface area contributed by atoms with Crippen molar-refractivity contribution in [1.82, 2.24) is 0 Å². The summed E-state index contributed by atoms with van der Waals surface area (Å²) >= 11 is 0. The van der Waals surface area contributed by atoms with Gasteiger partial charge in [0.2, 0.25) is 0 Å². The third-order valence-corrected chi connectivity index (χ3v) is 4.22. The molecule has 2 aromatic carbocycles. The van der Waals surface area contributed by atoms with Crippen molar-refractivity contribution < 1.29 is 12.8 Å². The topological polar surface area (TPSA) is 46.2 Å². The van der Waals surface area contributed by atoms with Crippen LogP contribution in [0.5, 0.6) is 0 Å². The van der Waals surface area contributed by atoms with Gasteiger partial charge in [0.1, 0.15) is 5.82 Å². The lowest BCUT2D eigenvalue weighted by Crippen LogP contribution is -2.07. The summed E-state index contributed by atoms with van der Waals surface area (Å²) in [7, 11) is -3.28. The van der Waals surface area contributed by atoms with Gasteiger partial charge in [-0.05, 0) is 42.3 Å². The van der Waals surface area contributed by atoms with Crippen molar-refractivity contribution in [3.05, 3.63) is 59.4 Å². The Bertz CT molecular complexity index is 726. The van der Waals surface area contributed by atoms with E-state index in [1.54, 1.807) is 30.3 Å². The summed E-state index contributed by atoms with van der Waals surface area (Å²) in [5.41, 5.74) is 2.31. The molecule has 0 saturated heterocycles. The lowest BCUT2D eigenvalue weighted by Gasteiger charge is -2.12. The summed E-state index contributed by atoms with van der Waals surface area (Å²) in [5.74, 6) is -0.275. The summed E-state index contributed by atoms with van der Waals surface area (Å²) in [5, 5.41) is 3.09. The molecule has 2 aromatic rings. The minimum atomic E-state index is -3.28. The van der Waals surface area contributed by atoms with Crippen LogP contribution in [0.15, 0.2) is 47.4 Å².